The van der Waals surface area contributed by atoms with Gasteiger partial charge in [0.1, 0.15) is 15.7 Å². The Morgan fingerprint density at radius 2 is 2.12 bits per heavy atom. The first-order valence-electron chi connectivity index (χ1n) is 4.58. The molecule has 0 saturated carbocycles. The lowest BCUT2D eigenvalue weighted by molar-refractivity contribution is 0.603. The fourth-order valence-electron chi connectivity index (χ4n) is 1.05. The van der Waals surface area contributed by atoms with Crippen LogP contribution in [-0.2, 0) is 15.6 Å². The molecule has 0 radical (unpaired) electrons. The summed E-state index contributed by atoms with van der Waals surface area (Å²) in [7, 11) is -2.93. The van der Waals surface area contributed by atoms with Gasteiger partial charge >= 0.3 is 0 Å². The first-order valence-corrected chi connectivity index (χ1v) is 8.59. The van der Waals surface area contributed by atoms with E-state index in [9.17, 15) is 12.8 Å². The first kappa shape index (κ1) is 14.0. The van der Waals surface area contributed by atoms with Gasteiger partial charge in [0.15, 0.2) is 0 Å². The number of halogens is 2. The summed E-state index contributed by atoms with van der Waals surface area (Å²) in [4.78, 5) is 0. The van der Waals surface area contributed by atoms with Crippen LogP contribution in [0.1, 0.15) is 5.56 Å². The van der Waals surface area contributed by atoms with Gasteiger partial charge in [-0.25, -0.2) is 12.8 Å². The van der Waals surface area contributed by atoms with Gasteiger partial charge in [-0.3, -0.25) is 0 Å². The van der Waals surface area contributed by atoms with E-state index >= 15 is 0 Å². The lowest BCUT2D eigenvalue weighted by atomic mass is 10.2. The van der Waals surface area contributed by atoms with E-state index in [2.05, 4.69) is 15.9 Å². The Labute approximate surface area is 108 Å². The summed E-state index contributed by atoms with van der Waals surface area (Å²) in [5, 5.41) is 0. The van der Waals surface area contributed by atoms with E-state index in [1.165, 1.54) is 24.1 Å². The highest BCUT2D eigenvalue weighted by Gasteiger charge is 2.07. The second-order valence-corrected chi connectivity index (χ2v) is 7.60. The van der Waals surface area contributed by atoms with Gasteiger partial charge in [-0.05, 0) is 12.1 Å². The van der Waals surface area contributed by atoms with Crippen LogP contribution in [0.5, 0.6) is 0 Å². The molecule has 0 aliphatic rings. The normalized spacial score (nSPS) is 11.7. The van der Waals surface area contributed by atoms with E-state index in [0.29, 0.717) is 17.1 Å². The largest absolute Gasteiger partial charge is 0.229 e. The van der Waals surface area contributed by atoms with Crippen molar-refractivity contribution in [3.05, 3.63) is 34.1 Å². The van der Waals surface area contributed by atoms with Crippen molar-refractivity contribution in [3.63, 3.8) is 0 Å². The SMILES string of the molecule is CS(=O)(=O)CCSCc1c(F)cccc1Br. The molecule has 0 aromatic heterocycles. The number of hydrogen-bond donors (Lipinski definition) is 0. The summed E-state index contributed by atoms with van der Waals surface area (Å²) in [6, 6.07) is 4.80. The summed E-state index contributed by atoms with van der Waals surface area (Å²) in [5.41, 5.74) is 0.584. The monoisotopic (exact) mass is 326 g/mol. The van der Waals surface area contributed by atoms with Crippen LogP contribution < -0.4 is 0 Å². The van der Waals surface area contributed by atoms with Crippen molar-refractivity contribution in [1.29, 1.82) is 0 Å². The minimum atomic E-state index is -2.93. The molecule has 0 unspecified atom stereocenters. The highest BCUT2D eigenvalue weighted by atomic mass is 79.9. The molecular formula is C10H12BrFO2S2. The molecule has 0 atom stereocenters. The number of hydrogen-bond acceptors (Lipinski definition) is 3. The molecule has 0 spiro atoms. The smallest absolute Gasteiger partial charge is 0.148 e. The van der Waals surface area contributed by atoms with Gasteiger partial charge < -0.3 is 0 Å². The quantitative estimate of drug-likeness (QED) is 0.780. The molecule has 0 aliphatic heterocycles. The van der Waals surface area contributed by atoms with E-state index < -0.39 is 9.84 Å². The van der Waals surface area contributed by atoms with Crippen molar-refractivity contribution in [2.45, 2.75) is 5.75 Å². The highest BCUT2D eigenvalue weighted by Crippen LogP contribution is 2.24. The van der Waals surface area contributed by atoms with Gasteiger partial charge in [0, 0.05) is 27.8 Å². The zero-order valence-corrected chi connectivity index (χ0v) is 12.0. The van der Waals surface area contributed by atoms with Gasteiger partial charge in [0.25, 0.3) is 0 Å². The number of benzene rings is 1. The van der Waals surface area contributed by atoms with Crippen molar-refractivity contribution in [1.82, 2.24) is 0 Å². The zero-order chi connectivity index (χ0) is 12.2. The number of thioether (sulfide) groups is 1. The average Bonchev–Trinajstić information content (AvgIpc) is 2.14. The van der Waals surface area contributed by atoms with Crippen molar-refractivity contribution < 1.29 is 12.8 Å². The van der Waals surface area contributed by atoms with Crippen LogP contribution in [0.25, 0.3) is 0 Å². The maximum atomic E-state index is 13.4. The fraction of sp³-hybridized carbons (Fsp3) is 0.400. The summed E-state index contributed by atoms with van der Waals surface area (Å²) < 4.78 is 35.8. The van der Waals surface area contributed by atoms with E-state index in [4.69, 9.17) is 0 Å². The topological polar surface area (TPSA) is 34.1 Å². The van der Waals surface area contributed by atoms with Crippen LogP contribution in [0, 0.1) is 5.82 Å². The molecule has 0 amide bonds. The van der Waals surface area contributed by atoms with Gasteiger partial charge in [-0.2, -0.15) is 11.8 Å². The van der Waals surface area contributed by atoms with Crippen molar-refractivity contribution in [2.24, 2.45) is 0 Å². The Hall–Kier alpha value is -0.0700. The van der Waals surface area contributed by atoms with E-state index in [-0.39, 0.29) is 11.6 Å². The maximum Gasteiger partial charge on any atom is 0.148 e. The molecule has 2 nitrogen and oxygen atoms in total. The van der Waals surface area contributed by atoms with Crippen molar-refractivity contribution >= 4 is 37.5 Å². The molecular weight excluding hydrogens is 315 g/mol. The van der Waals surface area contributed by atoms with E-state index in [1.807, 2.05) is 0 Å². The van der Waals surface area contributed by atoms with Gasteiger partial charge in [-0.1, -0.05) is 22.0 Å². The van der Waals surface area contributed by atoms with Gasteiger partial charge in [0.05, 0.1) is 5.75 Å². The third kappa shape index (κ3) is 4.84. The molecule has 0 aliphatic carbocycles. The maximum absolute atomic E-state index is 13.4. The average molecular weight is 327 g/mol. The zero-order valence-electron chi connectivity index (χ0n) is 8.74. The van der Waals surface area contributed by atoms with E-state index in [0.717, 1.165) is 4.47 Å². The molecule has 1 aromatic rings. The molecule has 0 heterocycles. The van der Waals surface area contributed by atoms with Gasteiger partial charge in [-0.15, -0.1) is 0 Å². The molecule has 0 fully saturated rings. The Balaban J connectivity index is 2.49. The van der Waals surface area contributed by atoms with Crippen LogP contribution in [0.4, 0.5) is 4.39 Å². The first-order chi connectivity index (χ1) is 7.40. The third-order valence-corrected chi connectivity index (χ3v) is 4.84. The number of rotatable bonds is 5. The Bertz CT molecular complexity index is 440. The molecule has 1 rings (SSSR count). The van der Waals surface area contributed by atoms with Crippen molar-refractivity contribution in [2.75, 3.05) is 17.8 Å². The minimum absolute atomic E-state index is 0.129. The predicted molar refractivity (Wildman–Crippen MR) is 70.0 cm³/mol. The Morgan fingerprint density at radius 1 is 1.44 bits per heavy atom. The standard InChI is InChI=1S/C10H12BrFO2S2/c1-16(13,14)6-5-15-7-8-9(11)3-2-4-10(8)12/h2-4H,5-7H2,1H3. The van der Waals surface area contributed by atoms with Crippen molar-refractivity contribution in [3.8, 4) is 0 Å². The van der Waals surface area contributed by atoms with Crippen LogP contribution in [0.3, 0.4) is 0 Å². The second kappa shape index (κ2) is 6.02. The van der Waals surface area contributed by atoms with Crippen LogP contribution in [0.15, 0.2) is 22.7 Å². The van der Waals surface area contributed by atoms with Crippen LogP contribution in [0.2, 0.25) is 0 Å². The molecule has 0 N–H and O–H groups in total. The predicted octanol–water partition coefficient (Wildman–Crippen LogP) is 2.87. The summed E-state index contributed by atoms with van der Waals surface area (Å²) >= 11 is 4.68. The van der Waals surface area contributed by atoms with Crippen LogP contribution >= 0.6 is 27.7 Å². The molecule has 0 saturated heterocycles. The highest BCUT2D eigenvalue weighted by molar-refractivity contribution is 9.10. The lowest BCUT2D eigenvalue weighted by Gasteiger charge is -2.05. The second-order valence-electron chi connectivity index (χ2n) is 3.38. The molecule has 6 heteroatoms. The Morgan fingerprint density at radius 3 is 2.69 bits per heavy atom. The summed E-state index contributed by atoms with van der Waals surface area (Å²) in [5.74, 6) is 0.827. The summed E-state index contributed by atoms with van der Waals surface area (Å²) in [6.45, 7) is 0. The number of sulfone groups is 1. The minimum Gasteiger partial charge on any atom is -0.229 e. The molecule has 90 valence electrons. The lowest BCUT2D eigenvalue weighted by Crippen LogP contribution is -2.05. The third-order valence-electron chi connectivity index (χ3n) is 1.91. The fourth-order valence-corrected chi connectivity index (χ4v) is 4.05. The Kier molecular flexibility index (Phi) is 5.27. The summed E-state index contributed by atoms with van der Waals surface area (Å²) in [6.07, 6.45) is 1.20. The van der Waals surface area contributed by atoms with E-state index in [1.54, 1.807) is 12.1 Å². The molecule has 1 aromatic carbocycles. The molecule has 16 heavy (non-hydrogen) atoms. The van der Waals surface area contributed by atoms with Gasteiger partial charge in [0.2, 0.25) is 0 Å². The van der Waals surface area contributed by atoms with Crippen LogP contribution in [-0.4, -0.2) is 26.2 Å². The molecule has 0 bridgehead atoms.